The van der Waals surface area contributed by atoms with Crippen molar-refractivity contribution in [2.45, 2.75) is 42.1 Å². The van der Waals surface area contributed by atoms with Crippen molar-refractivity contribution in [3.8, 4) is 0 Å². The molecule has 156 valence electrons. The average molecular weight is 454 g/mol. The number of benzene rings is 1. The lowest BCUT2D eigenvalue weighted by Gasteiger charge is -2.25. The minimum Gasteiger partial charge on any atom is -0.349 e. The number of carbonyl (C=O) groups excluding carboxylic acids is 1. The molecule has 2 aromatic rings. The first kappa shape index (κ1) is 22.1. The summed E-state index contributed by atoms with van der Waals surface area (Å²) in [6.07, 6.45) is 4.23. The highest BCUT2D eigenvalue weighted by molar-refractivity contribution is 7.99. The Morgan fingerprint density at radius 1 is 1.24 bits per heavy atom. The van der Waals surface area contributed by atoms with Crippen LogP contribution in [0.2, 0.25) is 5.02 Å². The van der Waals surface area contributed by atoms with E-state index >= 15 is 0 Å². The molecule has 1 aromatic carbocycles. The number of carbonyl (C=O) groups is 1. The molecule has 1 aliphatic heterocycles. The highest BCUT2D eigenvalue weighted by Crippen LogP contribution is 2.23. The van der Waals surface area contributed by atoms with Gasteiger partial charge in [-0.25, -0.2) is 13.4 Å². The van der Waals surface area contributed by atoms with Crippen molar-refractivity contribution < 1.29 is 13.2 Å². The van der Waals surface area contributed by atoms with Gasteiger partial charge >= 0.3 is 0 Å². The summed E-state index contributed by atoms with van der Waals surface area (Å²) in [5, 5.41) is 4.15. The number of nitrogens with zero attached hydrogens (tertiary/aromatic N) is 2. The maximum absolute atomic E-state index is 12.7. The largest absolute Gasteiger partial charge is 0.349 e. The smallest absolute Gasteiger partial charge is 0.244 e. The molecule has 1 aliphatic rings. The predicted molar refractivity (Wildman–Crippen MR) is 116 cm³/mol. The summed E-state index contributed by atoms with van der Waals surface area (Å²) in [5.74, 6) is 0.0603. The number of hydrogen-bond acceptors (Lipinski definition) is 5. The van der Waals surface area contributed by atoms with Gasteiger partial charge in [0.15, 0.2) is 0 Å². The lowest BCUT2D eigenvalue weighted by atomic mass is 10.1. The van der Waals surface area contributed by atoms with Crippen molar-refractivity contribution in [2.75, 3.05) is 18.8 Å². The standard InChI is InChI=1S/C20H24ClN3O3S2/c1-15(16-6-5-7-17(21)12-16)23-19(25)14-28-20-9-8-18(13-22-20)29(26,27)24-10-3-2-4-11-24/h5-9,12-13,15H,2-4,10-11,14H2,1H3,(H,23,25). The van der Waals surface area contributed by atoms with Gasteiger partial charge in [-0.2, -0.15) is 4.31 Å². The number of pyridine rings is 1. The lowest BCUT2D eigenvalue weighted by Crippen LogP contribution is -2.35. The molecule has 2 heterocycles. The first-order valence-corrected chi connectivity index (χ1v) is 12.3. The number of amides is 1. The molecule has 1 atom stereocenters. The summed E-state index contributed by atoms with van der Waals surface area (Å²) in [4.78, 5) is 16.6. The van der Waals surface area contributed by atoms with Gasteiger partial charge in [0.25, 0.3) is 0 Å². The molecule has 1 unspecified atom stereocenters. The van der Waals surface area contributed by atoms with Crippen molar-refractivity contribution in [2.24, 2.45) is 0 Å². The van der Waals surface area contributed by atoms with E-state index in [1.54, 1.807) is 18.2 Å². The number of nitrogens with one attached hydrogen (secondary N) is 1. The van der Waals surface area contributed by atoms with E-state index in [2.05, 4.69) is 10.3 Å². The van der Waals surface area contributed by atoms with Crippen LogP contribution in [0.3, 0.4) is 0 Å². The molecule has 1 N–H and O–H groups in total. The van der Waals surface area contributed by atoms with Gasteiger partial charge in [-0.05, 0) is 49.6 Å². The van der Waals surface area contributed by atoms with E-state index in [0.717, 1.165) is 24.8 Å². The van der Waals surface area contributed by atoms with Gasteiger partial charge in [0.05, 0.1) is 16.8 Å². The second-order valence-corrected chi connectivity index (χ2v) is 10.3. The summed E-state index contributed by atoms with van der Waals surface area (Å²) in [7, 11) is -3.49. The number of piperidine rings is 1. The van der Waals surface area contributed by atoms with E-state index in [0.29, 0.717) is 23.1 Å². The first-order chi connectivity index (χ1) is 13.9. The number of hydrogen-bond donors (Lipinski definition) is 1. The predicted octanol–water partition coefficient (Wildman–Crippen LogP) is 3.88. The Balaban J connectivity index is 1.54. The number of sulfonamides is 1. The van der Waals surface area contributed by atoms with Gasteiger partial charge in [-0.1, -0.05) is 41.9 Å². The van der Waals surface area contributed by atoms with Crippen molar-refractivity contribution in [3.63, 3.8) is 0 Å². The Kier molecular flexibility index (Phi) is 7.56. The summed E-state index contributed by atoms with van der Waals surface area (Å²) in [6, 6.07) is 10.4. The second kappa shape index (κ2) is 9.93. The third-order valence-corrected chi connectivity index (χ3v) is 7.80. The van der Waals surface area contributed by atoms with Gasteiger partial charge in [0.1, 0.15) is 4.90 Å². The topological polar surface area (TPSA) is 79.4 Å². The molecule has 0 saturated carbocycles. The summed E-state index contributed by atoms with van der Waals surface area (Å²) in [5.41, 5.74) is 0.932. The van der Waals surface area contributed by atoms with Crippen LogP contribution in [0.25, 0.3) is 0 Å². The fraction of sp³-hybridized carbons (Fsp3) is 0.400. The number of halogens is 1. The molecule has 1 fully saturated rings. The van der Waals surface area contributed by atoms with E-state index in [4.69, 9.17) is 11.6 Å². The van der Waals surface area contributed by atoms with Gasteiger partial charge in [0.2, 0.25) is 15.9 Å². The zero-order valence-corrected chi connectivity index (χ0v) is 18.6. The number of aromatic nitrogens is 1. The quantitative estimate of drug-likeness (QED) is 0.643. The normalized spacial score (nSPS) is 16.3. The lowest BCUT2D eigenvalue weighted by molar-refractivity contribution is -0.119. The SMILES string of the molecule is CC(NC(=O)CSc1ccc(S(=O)(=O)N2CCCCC2)cn1)c1cccc(Cl)c1. The van der Waals surface area contributed by atoms with Crippen LogP contribution in [-0.2, 0) is 14.8 Å². The van der Waals surface area contributed by atoms with E-state index in [1.165, 1.54) is 22.3 Å². The van der Waals surface area contributed by atoms with Crippen LogP contribution in [0, 0.1) is 0 Å². The Morgan fingerprint density at radius 3 is 2.66 bits per heavy atom. The number of thioether (sulfide) groups is 1. The minimum atomic E-state index is -3.49. The maximum Gasteiger partial charge on any atom is 0.244 e. The molecule has 1 aromatic heterocycles. The van der Waals surface area contributed by atoms with E-state index in [-0.39, 0.29) is 22.6 Å². The van der Waals surface area contributed by atoms with Crippen LogP contribution in [0.4, 0.5) is 0 Å². The van der Waals surface area contributed by atoms with Crippen LogP contribution in [0.15, 0.2) is 52.5 Å². The highest BCUT2D eigenvalue weighted by atomic mass is 35.5. The summed E-state index contributed by atoms with van der Waals surface area (Å²) >= 11 is 7.26. The van der Waals surface area contributed by atoms with E-state index in [1.807, 2.05) is 25.1 Å². The van der Waals surface area contributed by atoms with Crippen molar-refractivity contribution in [1.29, 1.82) is 0 Å². The molecule has 0 radical (unpaired) electrons. The second-order valence-electron chi connectivity index (χ2n) is 6.93. The average Bonchev–Trinajstić information content (AvgIpc) is 2.73. The third-order valence-electron chi connectivity index (χ3n) is 4.74. The van der Waals surface area contributed by atoms with E-state index < -0.39 is 10.0 Å². The molecule has 9 heteroatoms. The number of rotatable bonds is 7. The molecule has 1 saturated heterocycles. The Bertz CT molecular complexity index is 946. The third kappa shape index (κ3) is 5.94. The Morgan fingerprint density at radius 2 is 2.00 bits per heavy atom. The van der Waals surface area contributed by atoms with Crippen LogP contribution in [-0.4, -0.2) is 42.5 Å². The van der Waals surface area contributed by atoms with Gasteiger partial charge in [-0.3, -0.25) is 4.79 Å². The van der Waals surface area contributed by atoms with Gasteiger partial charge in [0, 0.05) is 24.3 Å². The fourth-order valence-electron chi connectivity index (χ4n) is 3.14. The maximum atomic E-state index is 12.7. The van der Waals surface area contributed by atoms with E-state index in [9.17, 15) is 13.2 Å². The van der Waals surface area contributed by atoms with Crippen LogP contribution in [0.5, 0.6) is 0 Å². The summed E-state index contributed by atoms with van der Waals surface area (Å²) < 4.78 is 26.8. The Hall–Kier alpha value is -1.61. The molecule has 0 aliphatic carbocycles. The van der Waals surface area contributed by atoms with Crippen LogP contribution < -0.4 is 5.32 Å². The highest BCUT2D eigenvalue weighted by Gasteiger charge is 2.26. The van der Waals surface area contributed by atoms with Crippen LogP contribution >= 0.6 is 23.4 Å². The molecule has 29 heavy (non-hydrogen) atoms. The van der Waals surface area contributed by atoms with Crippen molar-refractivity contribution >= 4 is 39.3 Å². The first-order valence-electron chi connectivity index (χ1n) is 9.50. The monoisotopic (exact) mass is 453 g/mol. The molecule has 3 rings (SSSR count). The molecular formula is C20H24ClN3O3S2. The van der Waals surface area contributed by atoms with Gasteiger partial charge in [-0.15, -0.1) is 0 Å². The zero-order chi connectivity index (χ0) is 20.9. The fourth-order valence-corrected chi connectivity index (χ4v) is 5.46. The van der Waals surface area contributed by atoms with Crippen molar-refractivity contribution in [3.05, 3.63) is 53.2 Å². The zero-order valence-electron chi connectivity index (χ0n) is 16.2. The summed E-state index contributed by atoms with van der Waals surface area (Å²) in [6.45, 7) is 3.01. The van der Waals surface area contributed by atoms with Crippen molar-refractivity contribution in [1.82, 2.24) is 14.6 Å². The molecular weight excluding hydrogens is 430 g/mol. The molecule has 0 spiro atoms. The Labute approximate surface area is 181 Å². The molecule has 0 bridgehead atoms. The van der Waals surface area contributed by atoms with Gasteiger partial charge < -0.3 is 5.32 Å². The molecule has 1 amide bonds. The molecule has 6 nitrogen and oxygen atoms in total. The minimum absolute atomic E-state index is 0.130. The van der Waals surface area contributed by atoms with Crippen LogP contribution in [0.1, 0.15) is 37.8 Å².